The molecule has 0 radical (unpaired) electrons. The quantitative estimate of drug-likeness (QED) is 0.746. The maximum absolute atomic E-state index is 12.3. The lowest BCUT2D eigenvalue weighted by Gasteiger charge is -2.11. The minimum atomic E-state index is -0.217. The van der Waals surface area contributed by atoms with E-state index >= 15 is 0 Å². The van der Waals surface area contributed by atoms with E-state index in [4.69, 9.17) is 0 Å². The number of hydrogen-bond donors (Lipinski definition) is 2. The van der Waals surface area contributed by atoms with Gasteiger partial charge in [-0.25, -0.2) is 0 Å². The summed E-state index contributed by atoms with van der Waals surface area (Å²) in [5.41, 5.74) is 4.40. The highest BCUT2D eigenvalue weighted by Crippen LogP contribution is 2.34. The number of benzene rings is 3. The molecule has 3 aromatic carbocycles. The summed E-state index contributed by atoms with van der Waals surface area (Å²) in [4.78, 5) is 24.3. The predicted molar refractivity (Wildman–Crippen MR) is 103 cm³/mol. The van der Waals surface area contributed by atoms with E-state index in [0.29, 0.717) is 0 Å². The number of rotatable bonds is 5. The third-order valence-corrected chi connectivity index (χ3v) is 4.80. The van der Waals surface area contributed by atoms with Crippen molar-refractivity contribution in [2.24, 2.45) is 0 Å². The number of aryl methyl sites for hydroxylation is 2. The summed E-state index contributed by atoms with van der Waals surface area (Å²) in [7, 11) is 0. The monoisotopic (exact) mass is 344 g/mol. The Morgan fingerprint density at radius 1 is 0.808 bits per heavy atom. The van der Waals surface area contributed by atoms with Crippen molar-refractivity contribution >= 4 is 28.3 Å². The third kappa shape index (κ3) is 3.31. The first-order valence-electron chi connectivity index (χ1n) is 8.84. The fourth-order valence-electron chi connectivity index (χ4n) is 3.57. The molecule has 4 heteroatoms. The zero-order valence-corrected chi connectivity index (χ0v) is 14.4. The smallest absolute Gasteiger partial charge is 0.243 e. The molecule has 3 aromatic rings. The standard InChI is InChI=1S/C22H20N2O2/c25-20(13-15-5-2-1-3-6-15)23-14-21(26)24-19-12-11-17-10-9-16-7-4-8-18(19)22(16)17/h1-8,11-12H,9-10,13-14H2,(H,23,25)(H,24,26). The van der Waals surface area contributed by atoms with Crippen molar-refractivity contribution in [3.63, 3.8) is 0 Å². The third-order valence-electron chi connectivity index (χ3n) is 4.80. The van der Waals surface area contributed by atoms with Crippen molar-refractivity contribution in [2.45, 2.75) is 19.3 Å². The van der Waals surface area contributed by atoms with Gasteiger partial charge in [0.25, 0.3) is 0 Å². The van der Waals surface area contributed by atoms with Crippen LogP contribution in [0.3, 0.4) is 0 Å². The Morgan fingerprint density at radius 3 is 2.38 bits per heavy atom. The van der Waals surface area contributed by atoms with Gasteiger partial charge in [0.2, 0.25) is 11.8 Å². The van der Waals surface area contributed by atoms with E-state index in [1.807, 2.05) is 48.5 Å². The second-order valence-corrected chi connectivity index (χ2v) is 6.60. The molecule has 26 heavy (non-hydrogen) atoms. The van der Waals surface area contributed by atoms with Crippen LogP contribution in [0.2, 0.25) is 0 Å². The highest BCUT2D eigenvalue weighted by molar-refractivity contribution is 6.06. The fourth-order valence-corrected chi connectivity index (χ4v) is 3.57. The predicted octanol–water partition coefficient (Wildman–Crippen LogP) is 3.24. The molecule has 0 aromatic heterocycles. The molecule has 0 saturated carbocycles. The summed E-state index contributed by atoms with van der Waals surface area (Å²) in [6, 6.07) is 19.7. The van der Waals surface area contributed by atoms with Crippen LogP contribution in [0, 0.1) is 0 Å². The molecule has 1 aliphatic rings. The van der Waals surface area contributed by atoms with E-state index in [1.165, 1.54) is 16.5 Å². The molecule has 0 aliphatic heterocycles. The lowest BCUT2D eigenvalue weighted by molar-refractivity contribution is -0.123. The van der Waals surface area contributed by atoms with E-state index in [9.17, 15) is 9.59 Å². The summed E-state index contributed by atoms with van der Waals surface area (Å²) in [5.74, 6) is -0.378. The fraction of sp³-hybridized carbons (Fsp3) is 0.182. The summed E-state index contributed by atoms with van der Waals surface area (Å²) in [6.07, 6.45) is 2.38. The van der Waals surface area contributed by atoms with Gasteiger partial charge in [0.15, 0.2) is 0 Å². The minimum Gasteiger partial charge on any atom is -0.347 e. The maximum atomic E-state index is 12.3. The Morgan fingerprint density at radius 2 is 1.58 bits per heavy atom. The summed E-state index contributed by atoms with van der Waals surface area (Å²) < 4.78 is 0. The first kappa shape index (κ1) is 16.3. The minimum absolute atomic E-state index is 0.0331. The van der Waals surface area contributed by atoms with Gasteiger partial charge in [0, 0.05) is 11.1 Å². The average Bonchev–Trinajstić information content (AvgIpc) is 3.08. The van der Waals surface area contributed by atoms with E-state index in [-0.39, 0.29) is 24.8 Å². The molecular formula is C22H20N2O2. The Kier molecular flexibility index (Phi) is 4.40. The van der Waals surface area contributed by atoms with E-state index in [0.717, 1.165) is 29.5 Å². The Hall–Kier alpha value is -3.14. The van der Waals surface area contributed by atoms with Crippen LogP contribution in [-0.4, -0.2) is 18.4 Å². The molecular weight excluding hydrogens is 324 g/mol. The van der Waals surface area contributed by atoms with E-state index in [2.05, 4.69) is 22.8 Å². The molecule has 0 bridgehead atoms. The van der Waals surface area contributed by atoms with Crippen molar-refractivity contribution in [1.82, 2.24) is 5.32 Å². The molecule has 2 N–H and O–H groups in total. The van der Waals surface area contributed by atoms with Crippen LogP contribution < -0.4 is 10.6 Å². The van der Waals surface area contributed by atoms with Crippen LogP contribution in [0.5, 0.6) is 0 Å². The van der Waals surface area contributed by atoms with Gasteiger partial charge in [-0.1, -0.05) is 54.6 Å². The van der Waals surface area contributed by atoms with Gasteiger partial charge in [0.1, 0.15) is 0 Å². The second kappa shape index (κ2) is 7.00. The number of amides is 2. The molecule has 0 atom stereocenters. The Labute approximate surface area is 152 Å². The van der Waals surface area contributed by atoms with Gasteiger partial charge < -0.3 is 10.6 Å². The van der Waals surface area contributed by atoms with Gasteiger partial charge in [-0.3, -0.25) is 9.59 Å². The van der Waals surface area contributed by atoms with Gasteiger partial charge in [-0.05, 0) is 41.0 Å². The van der Waals surface area contributed by atoms with Crippen molar-refractivity contribution < 1.29 is 9.59 Å². The molecule has 1 aliphatic carbocycles. The molecule has 0 saturated heterocycles. The molecule has 2 amide bonds. The molecule has 4 nitrogen and oxygen atoms in total. The number of hydrogen-bond acceptors (Lipinski definition) is 2. The van der Waals surface area contributed by atoms with Crippen LogP contribution in [0.4, 0.5) is 5.69 Å². The van der Waals surface area contributed by atoms with Gasteiger partial charge >= 0.3 is 0 Å². The summed E-state index contributed by atoms with van der Waals surface area (Å²) in [6.45, 7) is -0.0331. The molecule has 0 fully saturated rings. The van der Waals surface area contributed by atoms with Crippen LogP contribution in [-0.2, 0) is 28.9 Å². The topological polar surface area (TPSA) is 58.2 Å². The van der Waals surface area contributed by atoms with E-state index < -0.39 is 0 Å². The highest BCUT2D eigenvalue weighted by Gasteiger charge is 2.16. The number of anilines is 1. The lowest BCUT2D eigenvalue weighted by atomic mass is 10.0. The van der Waals surface area contributed by atoms with Gasteiger partial charge in [-0.15, -0.1) is 0 Å². The summed E-state index contributed by atoms with van der Waals surface area (Å²) >= 11 is 0. The van der Waals surface area contributed by atoms with Gasteiger partial charge in [0.05, 0.1) is 13.0 Å². The van der Waals surface area contributed by atoms with Gasteiger partial charge in [-0.2, -0.15) is 0 Å². The number of carbonyl (C=O) groups is 2. The van der Waals surface area contributed by atoms with Crippen molar-refractivity contribution in [2.75, 3.05) is 11.9 Å². The zero-order valence-electron chi connectivity index (χ0n) is 14.4. The average molecular weight is 344 g/mol. The normalized spacial score (nSPS) is 12.2. The molecule has 4 rings (SSSR count). The lowest BCUT2D eigenvalue weighted by Crippen LogP contribution is -2.33. The van der Waals surface area contributed by atoms with Crippen LogP contribution >= 0.6 is 0 Å². The maximum Gasteiger partial charge on any atom is 0.243 e. The van der Waals surface area contributed by atoms with Crippen LogP contribution in [0.15, 0.2) is 60.7 Å². The molecule has 0 unspecified atom stereocenters. The molecule has 0 heterocycles. The summed E-state index contributed by atoms with van der Waals surface area (Å²) in [5, 5.41) is 7.95. The number of nitrogens with one attached hydrogen (secondary N) is 2. The second-order valence-electron chi connectivity index (χ2n) is 6.60. The van der Waals surface area contributed by atoms with Crippen molar-refractivity contribution in [1.29, 1.82) is 0 Å². The van der Waals surface area contributed by atoms with Crippen molar-refractivity contribution in [3.05, 3.63) is 77.4 Å². The largest absolute Gasteiger partial charge is 0.347 e. The molecule has 0 spiro atoms. The Balaban J connectivity index is 1.40. The van der Waals surface area contributed by atoms with E-state index in [1.54, 1.807) is 0 Å². The first-order valence-corrected chi connectivity index (χ1v) is 8.84. The van der Waals surface area contributed by atoms with Crippen LogP contribution in [0.1, 0.15) is 16.7 Å². The highest BCUT2D eigenvalue weighted by atomic mass is 16.2. The Bertz CT molecular complexity index is 970. The zero-order chi connectivity index (χ0) is 17.9. The molecule has 130 valence electrons. The first-order chi connectivity index (χ1) is 12.7. The van der Waals surface area contributed by atoms with Crippen molar-refractivity contribution in [3.8, 4) is 0 Å². The SMILES string of the molecule is O=C(Cc1ccccc1)NCC(=O)Nc1ccc2c3c(cccc13)CC2. The number of carbonyl (C=O) groups excluding carboxylic acids is 2. The van der Waals surface area contributed by atoms with Crippen LogP contribution in [0.25, 0.3) is 10.8 Å².